The first-order valence-corrected chi connectivity index (χ1v) is 5.88. The SMILES string of the molecule is Cn1c(=O)c2c(c3ccccc31)CCCC2. The van der Waals surface area contributed by atoms with E-state index < -0.39 is 0 Å². The molecule has 0 saturated heterocycles. The van der Waals surface area contributed by atoms with Gasteiger partial charge in [-0.2, -0.15) is 0 Å². The second-order valence-electron chi connectivity index (χ2n) is 4.55. The van der Waals surface area contributed by atoms with Crippen LogP contribution in [0.1, 0.15) is 24.0 Å². The first kappa shape index (κ1) is 9.64. The second-order valence-corrected chi connectivity index (χ2v) is 4.55. The van der Waals surface area contributed by atoms with Gasteiger partial charge in [-0.05, 0) is 37.3 Å². The third kappa shape index (κ3) is 1.22. The summed E-state index contributed by atoms with van der Waals surface area (Å²) in [7, 11) is 1.87. The van der Waals surface area contributed by atoms with Crippen LogP contribution in [0.3, 0.4) is 0 Å². The zero-order chi connectivity index (χ0) is 11.1. The predicted molar refractivity (Wildman–Crippen MR) is 65.8 cm³/mol. The predicted octanol–water partition coefficient (Wildman–Crippen LogP) is 2.42. The summed E-state index contributed by atoms with van der Waals surface area (Å²) in [6.45, 7) is 0. The van der Waals surface area contributed by atoms with E-state index >= 15 is 0 Å². The lowest BCUT2D eigenvalue weighted by molar-refractivity contribution is 0.673. The highest BCUT2D eigenvalue weighted by Crippen LogP contribution is 2.25. The van der Waals surface area contributed by atoms with Crippen molar-refractivity contribution in [1.82, 2.24) is 4.57 Å². The Morgan fingerprint density at radius 1 is 1.06 bits per heavy atom. The number of hydrogen-bond acceptors (Lipinski definition) is 1. The number of pyridine rings is 1. The van der Waals surface area contributed by atoms with Crippen LogP contribution in [0.15, 0.2) is 29.1 Å². The van der Waals surface area contributed by atoms with Crippen molar-refractivity contribution < 1.29 is 0 Å². The first-order chi connectivity index (χ1) is 7.79. The lowest BCUT2D eigenvalue weighted by Gasteiger charge is -2.19. The summed E-state index contributed by atoms with van der Waals surface area (Å²) in [5.41, 5.74) is 3.61. The van der Waals surface area contributed by atoms with Gasteiger partial charge < -0.3 is 4.57 Å². The van der Waals surface area contributed by atoms with Crippen LogP contribution in [0, 0.1) is 0 Å². The summed E-state index contributed by atoms with van der Waals surface area (Å²) >= 11 is 0. The number of benzene rings is 1. The number of nitrogens with zero attached hydrogens (tertiary/aromatic N) is 1. The van der Waals surface area contributed by atoms with Crippen LogP contribution >= 0.6 is 0 Å². The van der Waals surface area contributed by atoms with Gasteiger partial charge in [0.05, 0.1) is 5.52 Å². The zero-order valence-electron chi connectivity index (χ0n) is 9.49. The Hall–Kier alpha value is -1.57. The summed E-state index contributed by atoms with van der Waals surface area (Å²) in [4.78, 5) is 12.2. The fourth-order valence-corrected chi connectivity index (χ4v) is 2.77. The Kier molecular flexibility index (Phi) is 2.10. The Labute approximate surface area is 94.5 Å². The van der Waals surface area contributed by atoms with Crippen molar-refractivity contribution in [1.29, 1.82) is 0 Å². The highest BCUT2D eigenvalue weighted by atomic mass is 16.1. The monoisotopic (exact) mass is 213 g/mol. The topological polar surface area (TPSA) is 22.0 Å². The van der Waals surface area contributed by atoms with Gasteiger partial charge in [0.15, 0.2) is 0 Å². The van der Waals surface area contributed by atoms with Gasteiger partial charge >= 0.3 is 0 Å². The molecular formula is C14H15NO. The van der Waals surface area contributed by atoms with Crippen molar-refractivity contribution >= 4 is 10.9 Å². The van der Waals surface area contributed by atoms with E-state index in [1.807, 2.05) is 19.2 Å². The van der Waals surface area contributed by atoms with Crippen LogP contribution in [-0.2, 0) is 19.9 Å². The van der Waals surface area contributed by atoms with E-state index in [0.717, 1.165) is 30.3 Å². The van der Waals surface area contributed by atoms with Gasteiger partial charge in [0.25, 0.3) is 5.56 Å². The Morgan fingerprint density at radius 3 is 2.56 bits per heavy atom. The molecule has 0 radical (unpaired) electrons. The standard InChI is InChI=1S/C14H15NO/c1-15-13-9-5-4-7-11(13)10-6-2-3-8-12(10)14(15)16/h4-5,7,9H,2-3,6,8H2,1H3. The molecule has 0 spiro atoms. The fourth-order valence-electron chi connectivity index (χ4n) is 2.77. The van der Waals surface area contributed by atoms with Gasteiger partial charge in [-0.15, -0.1) is 0 Å². The van der Waals surface area contributed by atoms with E-state index in [9.17, 15) is 4.79 Å². The van der Waals surface area contributed by atoms with Crippen molar-refractivity contribution in [2.45, 2.75) is 25.7 Å². The summed E-state index contributed by atoms with van der Waals surface area (Å²) < 4.78 is 1.79. The lowest BCUT2D eigenvalue weighted by atomic mass is 9.90. The average molecular weight is 213 g/mol. The van der Waals surface area contributed by atoms with E-state index in [1.54, 1.807) is 4.57 Å². The van der Waals surface area contributed by atoms with E-state index in [2.05, 4.69) is 12.1 Å². The van der Waals surface area contributed by atoms with Gasteiger partial charge in [0.1, 0.15) is 0 Å². The minimum Gasteiger partial charge on any atom is -0.311 e. The molecule has 16 heavy (non-hydrogen) atoms. The molecule has 0 amide bonds. The first-order valence-electron chi connectivity index (χ1n) is 5.88. The van der Waals surface area contributed by atoms with Gasteiger partial charge in [-0.25, -0.2) is 0 Å². The highest BCUT2D eigenvalue weighted by molar-refractivity contribution is 5.83. The van der Waals surface area contributed by atoms with Crippen molar-refractivity contribution in [3.8, 4) is 0 Å². The van der Waals surface area contributed by atoms with Crippen LogP contribution in [-0.4, -0.2) is 4.57 Å². The van der Waals surface area contributed by atoms with Crippen molar-refractivity contribution in [3.63, 3.8) is 0 Å². The normalized spacial score (nSPS) is 15.1. The minimum atomic E-state index is 0.202. The lowest BCUT2D eigenvalue weighted by Crippen LogP contribution is -2.25. The van der Waals surface area contributed by atoms with Gasteiger partial charge in [-0.3, -0.25) is 4.79 Å². The molecule has 1 aromatic carbocycles. The number of fused-ring (bicyclic) bond motifs is 3. The number of aryl methyl sites for hydroxylation is 2. The molecule has 82 valence electrons. The Balaban J connectivity index is 2.50. The summed E-state index contributed by atoms with van der Waals surface area (Å²) in [5.74, 6) is 0. The maximum Gasteiger partial charge on any atom is 0.254 e. The molecule has 0 bridgehead atoms. The number of rotatable bonds is 0. The molecule has 0 saturated carbocycles. The quantitative estimate of drug-likeness (QED) is 0.658. The Bertz CT molecular complexity index is 610. The molecule has 0 aliphatic heterocycles. The van der Waals surface area contributed by atoms with Crippen molar-refractivity contribution in [2.75, 3.05) is 0 Å². The van der Waals surface area contributed by atoms with Gasteiger partial charge in [-0.1, -0.05) is 18.2 Å². The smallest absolute Gasteiger partial charge is 0.254 e. The second kappa shape index (κ2) is 3.48. The van der Waals surface area contributed by atoms with E-state index in [4.69, 9.17) is 0 Å². The van der Waals surface area contributed by atoms with E-state index in [-0.39, 0.29) is 5.56 Å². The number of aromatic nitrogens is 1. The zero-order valence-corrected chi connectivity index (χ0v) is 9.49. The summed E-state index contributed by atoms with van der Waals surface area (Å²) in [6.07, 6.45) is 4.38. The number of para-hydroxylation sites is 1. The maximum absolute atomic E-state index is 12.2. The van der Waals surface area contributed by atoms with E-state index in [1.165, 1.54) is 17.4 Å². The molecule has 1 heterocycles. The number of hydrogen-bond donors (Lipinski definition) is 0. The molecule has 2 nitrogen and oxygen atoms in total. The van der Waals surface area contributed by atoms with Crippen molar-refractivity contribution in [2.24, 2.45) is 7.05 Å². The van der Waals surface area contributed by atoms with Crippen LogP contribution in [0.2, 0.25) is 0 Å². The van der Waals surface area contributed by atoms with Crippen molar-refractivity contribution in [3.05, 3.63) is 45.7 Å². The minimum absolute atomic E-state index is 0.202. The molecule has 1 aromatic heterocycles. The Morgan fingerprint density at radius 2 is 1.75 bits per heavy atom. The van der Waals surface area contributed by atoms with Gasteiger partial charge in [0, 0.05) is 18.0 Å². The van der Waals surface area contributed by atoms with Crippen LogP contribution < -0.4 is 5.56 Å². The molecule has 0 N–H and O–H groups in total. The summed E-state index contributed by atoms with van der Waals surface area (Å²) in [6, 6.07) is 8.23. The van der Waals surface area contributed by atoms with E-state index in [0.29, 0.717) is 0 Å². The molecule has 0 unspecified atom stereocenters. The van der Waals surface area contributed by atoms with Gasteiger partial charge in [0.2, 0.25) is 0 Å². The fraction of sp³-hybridized carbons (Fsp3) is 0.357. The molecule has 2 heteroatoms. The molecule has 0 fully saturated rings. The van der Waals surface area contributed by atoms with Crippen LogP contribution in [0.4, 0.5) is 0 Å². The van der Waals surface area contributed by atoms with Crippen LogP contribution in [0.5, 0.6) is 0 Å². The largest absolute Gasteiger partial charge is 0.311 e. The highest BCUT2D eigenvalue weighted by Gasteiger charge is 2.17. The maximum atomic E-state index is 12.2. The molecule has 1 aliphatic carbocycles. The van der Waals surface area contributed by atoms with Crippen LogP contribution in [0.25, 0.3) is 10.9 Å². The molecule has 3 rings (SSSR count). The third-order valence-corrected chi connectivity index (χ3v) is 3.62. The summed E-state index contributed by atoms with van der Waals surface area (Å²) in [5, 5.41) is 1.26. The third-order valence-electron chi connectivity index (χ3n) is 3.62. The average Bonchev–Trinajstić information content (AvgIpc) is 2.36. The molecule has 1 aliphatic rings. The molecule has 0 atom stereocenters. The molecule has 2 aromatic rings. The molecular weight excluding hydrogens is 198 g/mol.